The van der Waals surface area contributed by atoms with Crippen molar-refractivity contribution in [3.05, 3.63) is 0 Å². The van der Waals surface area contributed by atoms with Gasteiger partial charge in [-0.2, -0.15) is 9.78 Å². The van der Waals surface area contributed by atoms with E-state index in [-0.39, 0.29) is 13.0 Å². The van der Waals surface area contributed by atoms with Gasteiger partial charge in [-0.1, -0.05) is 20.8 Å². The van der Waals surface area contributed by atoms with E-state index in [2.05, 4.69) is 0 Å². The van der Waals surface area contributed by atoms with Gasteiger partial charge in [0.05, 0.1) is 17.8 Å². The molecule has 0 atom stereocenters. The minimum Gasteiger partial charge on any atom is -0.462 e. The normalized spacial score (nSPS) is 13.3. The van der Waals surface area contributed by atoms with E-state index < -0.39 is 23.0 Å². The molecule has 0 aromatic carbocycles. The quantitative estimate of drug-likeness (QED) is 0.249. The summed E-state index contributed by atoms with van der Waals surface area (Å²) in [7, 11) is 0. The Morgan fingerprint density at radius 1 is 0.727 bits per heavy atom. The molecule has 0 aromatic rings. The van der Waals surface area contributed by atoms with Gasteiger partial charge in [0.25, 0.3) is 0 Å². The standard InChI is InChI=1S/C16H32O6/c1-9-14(5,6)19-21-16(11-3,13(17)18-12-4)22-20-15(7,8)10-2/h9-12H2,1-8H3. The number of hydrogen-bond acceptors (Lipinski definition) is 6. The van der Waals surface area contributed by atoms with Gasteiger partial charge in [0.2, 0.25) is 0 Å². The number of carbonyl (C=O) groups is 1. The van der Waals surface area contributed by atoms with Crippen LogP contribution in [0.15, 0.2) is 0 Å². The smallest absolute Gasteiger partial charge is 0.372 e. The first-order valence-corrected chi connectivity index (χ1v) is 7.99. The Bertz CT molecular complexity index is 318. The van der Waals surface area contributed by atoms with E-state index >= 15 is 0 Å². The van der Waals surface area contributed by atoms with Gasteiger partial charge in [-0.3, -0.25) is 0 Å². The highest BCUT2D eigenvalue weighted by Gasteiger charge is 2.47. The third-order valence-corrected chi connectivity index (χ3v) is 3.56. The molecule has 0 saturated heterocycles. The minimum absolute atomic E-state index is 0.186. The van der Waals surface area contributed by atoms with E-state index in [4.69, 9.17) is 24.3 Å². The van der Waals surface area contributed by atoms with Gasteiger partial charge in [0.15, 0.2) is 0 Å². The predicted octanol–water partition coefficient (Wildman–Crippen LogP) is 3.93. The molecule has 0 saturated carbocycles. The lowest BCUT2D eigenvalue weighted by Gasteiger charge is -2.34. The van der Waals surface area contributed by atoms with Crippen molar-refractivity contribution in [2.75, 3.05) is 6.61 Å². The average molecular weight is 320 g/mol. The topological polar surface area (TPSA) is 63.2 Å². The first-order valence-electron chi connectivity index (χ1n) is 7.99. The van der Waals surface area contributed by atoms with Crippen molar-refractivity contribution in [3.63, 3.8) is 0 Å². The molecule has 6 heteroatoms. The molecular formula is C16H32O6. The summed E-state index contributed by atoms with van der Waals surface area (Å²) in [5.41, 5.74) is -1.12. The third-order valence-electron chi connectivity index (χ3n) is 3.56. The molecule has 0 unspecified atom stereocenters. The Morgan fingerprint density at radius 3 is 1.41 bits per heavy atom. The van der Waals surface area contributed by atoms with Crippen molar-refractivity contribution >= 4 is 5.97 Å². The first kappa shape index (κ1) is 21.3. The zero-order chi connectivity index (χ0) is 17.4. The van der Waals surface area contributed by atoms with Gasteiger partial charge in [0, 0.05) is 6.42 Å². The van der Waals surface area contributed by atoms with Crippen molar-refractivity contribution in [1.29, 1.82) is 0 Å². The van der Waals surface area contributed by atoms with E-state index in [0.717, 1.165) is 0 Å². The summed E-state index contributed by atoms with van der Waals surface area (Å²) in [6.45, 7) is 15.0. The number of rotatable bonds is 11. The summed E-state index contributed by atoms with van der Waals surface area (Å²) in [4.78, 5) is 33.8. The van der Waals surface area contributed by atoms with Gasteiger partial charge in [-0.05, 0) is 47.5 Å². The van der Waals surface area contributed by atoms with Crippen LogP contribution >= 0.6 is 0 Å². The van der Waals surface area contributed by atoms with Gasteiger partial charge < -0.3 is 4.74 Å². The van der Waals surface area contributed by atoms with Gasteiger partial charge >= 0.3 is 11.8 Å². The Balaban J connectivity index is 5.13. The molecule has 6 nitrogen and oxygen atoms in total. The number of ether oxygens (including phenoxy) is 1. The van der Waals surface area contributed by atoms with Crippen molar-refractivity contribution in [1.82, 2.24) is 0 Å². The fourth-order valence-corrected chi connectivity index (χ4v) is 1.06. The van der Waals surface area contributed by atoms with Gasteiger partial charge in [-0.15, -0.1) is 0 Å². The SMILES string of the molecule is CCOC(=O)C(CC)(OOC(C)(C)CC)OOC(C)(C)CC. The maximum atomic E-state index is 12.3. The largest absolute Gasteiger partial charge is 0.462 e. The third kappa shape index (κ3) is 6.60. The first-order chi connectivity index (χ1) is 10.1. The van der Waals surface area contributed by atoms with Crippen LogP contribution in [0.2, 0.25) is 0 Å². The molecule has 0 radical (unpaired) electrons. The van der Waals surface area contributed by atoms with Gasteiger partial charge in [-0.25, -0.2) is 14.6 Å². The highest BCUT2D eigenvalue weighted by molar-refractivity contribution is 5.77. The molecule has 0 aliphatic carbocycles. The van der Waals surface area contributed by atoms with Crippen LogP contribution in [0.3, 0.4) is 0 Å². The number of carbonyl (C=O) groups excluding carboxylic acids is 1. The van der Waals surface area contributed by atoms with E-state index in [0.29, 0.717) is 12.8 Å². The number of esters is 1. The lowest BCUT2D eigenvalue weighted by Crippen LogP contribution is -2.48. The molecule has 0 aliphatic heterocycles. The molecule has 0 rings (SSSR count). The second-order valence-electron chi connectivity index (χ2n) is 6.39. The molecule has 0 aromatic heterocycles. The van der Waals surface area contributed by atoms with Crippen molar-refractivity contribution in [2.24, 2.45) is 0 Å². The molecule has 0 aliphatic rings. The summed E-state index contributed by atoms with van der Waals surface area (Å²) in [6, 6.07) is 0. The van der Waals surface area contributed by atoms with Crippen molar-refractivity contribution in [3.8, 4) is 0 Å². The maximum absolute atomic E-state index is 12.3. The predicted molar refractivity (Wildman–Crippen MR) is 82.7 cm³/mol. The lowest BCUT2D eigenvalue weighted by molar-refractivity contribution is -0.530. The van der Waals surface area contributed by atoms with Crippen LogP contribution in [0.25, 0.3) is 0 Å². The molecule has 132 valence electrons. The van der Waals surface area contributed by atoms with Crippen LogP contribution in [0.4, 0.5) is 0 Å². The van der Waals surface area contributed by atoms with Crippen molar-refractivity contribution in [2.45, 2.75) is 91.6 Å². The summed E-state index contributed by atoms with van der Waals surface area (Å²) < 4.78 is 5.05. The number of hydrogen-bond donors (Lipinski definition) is 0. The molecule has 0 heterocycles. The molecule has 0 amide bonds. The van der Waals surface area contributed by atoms with Crippen LogP contribution in [0, 0.1) is 0 Å². The van der Waals surface area contributed by atoms with Crippen LogP contribution in [-0.2, 0) is 29.1 Å². The second kappa shape index (κ2) is 8.82. The highest BCUT2D eigenvalue weighted by Crippen LogP contribution is 2.28. The van der Waals surface area contributed by atoms with E-state index in [1.807, 2.05) is 41.5 Å². The lowest BCUT2D eigenvalue weighted by atomic mass is 10.1. The van der Waals surface area contributed by atoms with Crippen LogP contribution in [0.1, 0.15) is 74.7 Å². The summed E-state index contributed by atoms with van der Waals surface area (Å²) in [5.74, 6) is -2.41. The van der Waals surface area contributed by atoms with E-state index in [9.17, 15) is 4.79 Å². The molecule has 0 N–H and O–H groups in total. The maximum Gasteiger partial charge on any atom is 0.372 e. The van der Waals surface area contributed by atoms with E-state index in [1.54, 1.807) is 13.8 Å². The molecule has 0 bridgehead atoms. The Labute approximate surface area is 134 Å². The van der Waals surface area contributed by atoms with Gasteiger partial charge in [0.1, 0.15) is 0 Å². The Kier molecular flexibility index (Phi) is 8.54. The molecule has 22 heavy (non-hydrogen) atoms. The molecular weight excluding hydrogens is 288 g/mol. The van der Waals surface area contributed by atoms with Crippen LogP contribution < -0.4 is 0 Å². The Hall–Kier alpha value is -0.690. The monoisotopic (exact) mass is 320 g/mol. The summed E-state index contributed by atoms with van der Waals surface area (Å²) in [6.07, 6.45) is 1.60. The molecule has 0 fully saturated rings. The summed E-state index contributed by atoms with van der Waals surface area (Å²) >= 11 is 0. The second-order valence-corrected chi connectivity index (χ2v) is 6.39. The van der Waals surface area contributed by atoms with Crippen molar-refractivity contribution < 1.29 is 29.1 Å². The average Bonchev–Trinajstić information content (AvgIpc) is 2.48. The fourth-order valence-electron chi connectivity index (χ4n) is 1.06. The molecule has 0 spiro atoms. The zero-order valence-electron chi connectivity index (χ0n) is 15.3. The summed E-state index contributed by atoms with van der Waals surface area (Å²) in [5, 5.41) is 0. The highest BCUT2D eigenvalue weighted by atomic mass is 17.3. The van der Waals surface area contributed by atoms with Crippen LogP contribution in [-0.4, -0.2) is 29.6 Å². The Morgan fingerprint density at radius 2 is 1.14 bits per heavy atom. The zero-order valence-corrected chi connectivity index (χ0v) is 15.3. The fraction of sp³-hybridized carbons (Fsp3) is 0.938. The van der Waals surface area contributed by atoms with Crippen LogP contribution in [0.5, 0.6) is 0 Å². The van der Waals surface area contributed by atoms with E-state index in [1.165, 1.54) is 0 Å². The minimum atomic E-state index is -1.74.